The van der Waals surface area contributed by atoms with Crippen LogP contribution >= 0.6 is 11.6 Å². The van der Waals surface area contributed by atoms with Crippen LogP contribution in [-0.2, 0) is 0 Å². The van der Waals surface area contributed by atoms with E-state index in [1.807, 2.05) is 6.92 Å². The largest absolute Gasteiger partial charge is 0.370 e. The molecule has 0 fully saturated rings. The van der Waals surface area contributed by atoms with E-state index in [1.165, 1.54) is 12.1 Å². The monoisotopic (exact) mass is 251 g/mol. The summed E-state index contributed by atoms with van der Waals surface area (Å²) in [5.74, 6) is 0.850. The van der Waals surface area contributed by atoms with Crippen molar-refractivity contribution in [3.63, 3.8) is 0 Å². The third kappa shape index (κ3) is 2.91. The van der Waals surface area contributed by atoms with Gasteiger partial charge < -0.3 is 5.32 Å². The summed E-state index contributed by atoms with van der Waals surface area (Å²) < 4.78 is 12.8. The van der Waals surface area contributed by atoms with Gasteiger partial charge in [0.05, 0.1) is 0 Å². The minimum absolute atomic E-state index is 0.289. The van der Waals surface area contributed by atoms with Crippen LogP contribution in [0.5, 0.6) is 0 Å². The third-order valence-electron chi connectivity index (χ3n) is 2.16. The molecule has 5 heteroatoms. The number of rotatable bonds is 3. The molecular weight excluding hydrogens is 241 g/mol. The number of aromatic nitrogens is 2. The fraction of sp³-hybridized carbons (Fsp3) is 0.167. The van der Waals surface area contributed by atoms with Crippen LogP contribution in [0, 0.1) is 5.82 Å². The van der Waals surface area contributed by atoms with Gasteiger partial charge in [0.25, 0.3) is 0 Å². The first-order chi connectivity index (χ1) is 8.19. The maximum Gasteiger partial charge on any atom is 0.163 e. The van der Waals surface area contributed by atoms with Crippen LogP contribution in [-0.4, -0.2) is 16.5 Å². The van der Waals surface area contributed by atoms with E-state index in [4.69, 9.17) is 11.6 Å². The minimum atomic E-state index is -0.289. The maximum absolute atomic E-state index is 12.8. The van der Waals surface area contributed by atoms with Crippen molar-refractivity contribution >= 4 is 17.4 Å². The average Bonchev–Trinajstić information content (AvgIpc) is 2.29. The number of hydrogen-bond acceptors (Lipinski definition) is 3. The molecule has 0 aliphatic heterocycles. The van der Waals surface area contributed by atoms with Crippen molar-refractivity contribution in [3.8, 4) is 11.4 Å². The van der Waals surface area contributed by atoms with Crippen LogP contribution in [0.15, 0.2) is 30.3 Å². The fourth-order valence-electron chi connectivity index (χ4n) is 1.42. The van der Waals surface area contributed by atoms with Gasteiger partial charge in [-0.05, 0) is 31.2 Å². The Kier molecular flexibility index (Phi) is 3.54. The zero-order valence-electron chi connectivity index (χ0n) is 9.24. The molecule has 0 amide bonds. The van der Waals surface area contributed by atoms with E-state index in [-0.39, 0.29) is 5.82 Å². The maximum atomic E-state index is 12.8. The average molecular weight is 252 g/mol. The van der Waals surface area contributed by atoms with Gasteiger partial charge >= 0.3 is 0 Å². The highest BCUT2D eigenvalue weighted by Crippen LogP contribution is 2.20. The van der Waals surface area contributed by atoms with Gasteiger partial charge in [0.1, 0.15) is 16.8 Å². The quantitative estimate of drug-likeness (QED) is 0.850. The minimum Gasteiger partial charge on any atom is -0.370 e. The Bertz CT molecular complexity index is 514. The van der Waals surface area contributed by atoms with Crippen LogP contribution in [0.25, 0.3) is 11.4 Å². The molecule has 0 bridgehead atoms. The van der Waals surface area contributed by atoms with E-state index >= 15 is 0 Å². The van der Waals surface area contributed by atoms with Crippen LogP contribution in [0.4, 0.5) is 10.2 Å². The van der Waals surface area contributed by atoms with Crippen LogP contribution in [0.3, 0.4) is 0 Å². The molecule has 0 radical (unpaired) electrons. The molecule has 3 nitrogen and oxygen atoms in total. The number of anilines is 1. The molecule has 0 aliphatic rings. The Balaban J connectivity index is 2.40. The predicted molar refractivity (Wildman–Crippen MR) is 66.6 cm³/mol. The molecule has 0 atom stereocenters. The molecule has 1 aromatic carbocycles. The lowest BCUT2D eigenvalue weighted by molar-refractivity contribution is 0.628. The van der Waals surface area contributed by atoms with Crippen molar-refractivity contribution in [3.05, 3.63) is 41.3 Å². The highest BCUT2D eigenvalue weighted by atomic mass is 35.5. The summed E-state index contributed by atoms with van der Waals surface area (Å²) in [6, 6.07) is 7.63. The molecule has 17 heavy (non-hydrogen) atoms. The third-order valence-corrected chi connectivity index (χ3v) is 2.35. The van der Waals surface area contributed by atoms with Crippen molar-refractivity contribution in [2.24, 2.45) is 0 Å². The number of hydrogen-bond donors (Lipinski definition) is 1. The summed E-state index contributed by atoms with van der Waals surface area (Å²) in [4.78, 5) is 8.40. The van der Waals surface area contributed by atoms with Gasteiger partial charge in [0.2, 0.25) is 0 Å². The molecule has 1 heterocycles. The van der Waals surface area contributed by atoms with Crippen molar-refractivity contribution in [1.82, 2.24) is 9.97 Å². The van der Waals surface area contributed by atoms with E-state index in [0.29, 0.717) is 16.8 Å². The Morgan fingerprint density at radius 2 is 1.94 bits per heavy atom. The summed E-state index contributed by atoms with van der Waals surface area (Å²) in [7, 11) is 0. The molecule has 2 rings (SSSR count). The molecule has 0 saturated carbocycles. The normalized spacial score (nSPS) is 10.3. The molecular formula is C12H11ClFN3. The van der Waals surface area contributed by atoms with E-state index in [9.17, 15) is 4.39 Å². The second-order valence-corrected chi connectivity index (χ2v) is 3.82. The van der Waals surface area contributed by atoms with E-state index in [1.54, 1.807) is 18.2 Å². The first-order valence-electron chi connectivity index (χ1n) is 5.23. The summed E-state index contributed by atoms with van der Waals surface area (Å²) in [5.41, 5.74) is 0.730. The van der Waals surface area contributed by atoms with E-state index in [0.717, 1.165) is 12.1 Å². The van der Waals surface area contributed by atoms with Crippen LogP contribution < -0.4 is 5.32 Å². The Morgan fingerprint density at radius 1 is 1.24 bits per heavy atom. The lowest BCUT2D eigenvalue weighted by atomic mass is 10.2. The highest BCUT2D eigenvalue weighted by Gasteiger charge is 2.05. The Morgan fingerprint density at radius 3 is 2.59 bits per heavy atom. The number of nitrogens with one attached hydrogen (secondary N) is 1. The van der Waals surface area contributed by atoms with E-state index < -0.39 is 0 Å². The molecule has 0 spiro atoms. The number of benzene rings is 1. The Labute approximate surface area is 104 Å². The van der Waals surface area contributed by atoms with Crippen molar-refractivity contribution in [2.45, 2.75) is 6.92 Å². The number of halogens is 2. The summed E-state index contributed by atoms with van der Waals surface area (Å²) >= 11 is 5.90. The molecule has 1 N–H and O–H groups in total. The first-order valence-corrected chi connectivity index (χ1v) is 5.61. The lowest BCUT2D eigenvalue weighted by Crippen LogP contribution is -2.01. The topological polar surface area (TPSA) is 37.8 Å². The standard InChI is InChI=1S/C12H11ClFN3/c1-2-15-11-7-10(13)16-12(17-11)8-3-5-9(14)6-4-8/h3-7H,2H2,1H3,(H,15,16,17). The molecule has 2 aromatic rings. The molecule has 0 aliphatic carbocycles. The van der Waals surface area contributed by atoms with Gasteiger partial charge in [-0.25, -0.2) is 14.4 Å². The second kappa shape index (κ2) is 5.10. The molecule has 0 unspecified atom stereocenters. The van der Waals surface area contributed by atoms with Crippen molar-refractivity contribution in [1.29, 1.82) is 0 Å². The van der Waals surface area contributed by atoms with Gasteiger partial charge in [0.15, 0.2) is 5.82 Å². The predicted octanol–water partition coefficient (Wildman–Crippen LogP) is 3.37. The summed E-state index contributed by atoms with van der Waals surface area (Å²) in [6.07, 6.45) is 0. The SMILES string of the molecule is CCNc1cc(Cl)nc(-c2ccc(F)cc2)n1. The summed E-state index contributed by atoms with van der Waals surface area (Å²) in [5, 5.41) is 3.42. The highest BCUT2D eigenvalue weighted by molar-refractivity contribution is 6.29. The summed E-state index contributed by atoms with van der Waals surface area (Å²) in [6.45, 7) is 2.71. The van der Waals surface area contributed by atoms with Crippen molar-refractivity contribution in [2.75, 3.05) is 11.9 Å². The van der Waals surface area contributed by atoms with Gasteiger partial charge in [-0.2, -0.15) is 0 Å². The van der Waals surface area contributed by atoms with Gasteiger partial charge in [0, 0.05) is 18.2 Å². The van der Waals surface area contributed by atoms with Crippen molar-refractivity contribution < 1.29 is 4.39 Å². The Hall–Kier alpha value is -1.68. The van der Waals surface area contributed by atoms with Crippen LogP contribution in [0.2, 0.25) is 5.15 Å². The van der Waals surface area contributed by atoms with Gasteiger partial charge in [-0.1, -0.05) is 11.6 Å². The number of nitrogens with zero attached hydrogens (tertiary/aromatic N) is 2. The van der Waals surface area contributed by atoms with Gasteiger partial charge in [-0.3, -0.25) is 0 Å². The smallest absolute Gasteiger partial charge is 0.163 e. The zero-order chi connectivity index (χ0) is 12.3. The fourth-order valence-corrected chi connectivity index (χ4v) is 1.60. The van der Waals surface area contributed by atoms with Crippen LogP contribution in [0.1, 0.15) is 6.92 Å². The molecule has 1 aromatic heterocycles. The molecule has 88 valence electrons. The lowest BCUT2D eigenvalue weighted by Gasteiger charge is -2.06. The van der Waals surface area contributed by atoms with Gasteiger partial charge in [-0.15, -0.1) is 0 Å². The zero-order valence-corrected chi connectivity index (χ0v) is 10.0. The first kappa shape index (κ1) is 11.8. The van der Waals surface area contributed by atoms with E-state index in [2.05, 4.69) is 15.3 Å². The second-order valence-electron chi connectivity index (χ2n) is 3.44. The molecule has 0 saturated heterocycles.